The zero-order valence-corrected chi connectivity index (χ0v) is 12.4. The van der Waals surface area contributed by atoms with E-state index in [0.717, 1.165) is 18.7 Å². The predicted octanol–water partition coefficient (Wildman–Crippen LogP) is 2.81. The number of rotatable bonds is 4. The lowest BCUT2D eigenvalue weighted by atomic mass is 10.0. The number of anilines is 2. The maximum Gasteiger partial charge on any atom is 0.167 e. The summed E-state index contributed by atoms with van der Waals surface area (Å²) in [5, 5.41) is 0. The van der Waals surface area contributed by atoms with E-state index in [-0.39, 0.29) is 11.3 Å². The van der Waals surface area contributed by atoms with Crippen molar-refractivity contribution in [2.24, 2.45) is 0 Å². The Labute approximate surface area is 119 Å². The number of morpholine rings is 1. The van der Waals surface area contributed by atoms with Gasteiger partial charge in [-0.1, -0.05) is 6.92 Å². The number of halogens is 1. The van der Waals surface area contributed by atoms with E-state index in [4.69, 9.17) is 15.2 Å². The first-order valence-electron chi connectivity index (χ1n) is 7.03. The van der Waals surface area contributed by atoms with Gasteiger partial charge in [-0.2, -0.15) is 0 Å². The van der Waals surface area contributed by atoms with Gasteiger partial charge in [-0.3, -0.25) is 0 Å². The van der Waals surface area contributed by atoms with Crippen LogP contribution in [0.1, 0.15) is 27.2 Å². The highest BCUT2D eigenvalue weighted by atomic mass is 19.1. The Kier molecular flexibility index (Phi) is 4.38. The summed E-state index contributed by atoms with van der Waals surface area (Å²) < 4.78 is 24.8. The maximum absolute atomic E-state index is 13.9. The zero-order chi connectivity index (χ0) is 14.8. The summed E-state index contributed by atoms with van der Waals surface area (Å²) in [6.45, 7) is 8.65. The number of nitrogen functional groups attached to an aromatic ring is 1. The van der Waals surface area contributed by atoms with Crippen LogP contribution in [0.4, 0.5) is 15.8 Å². The molecular weight excluding hydrogens is 259 g/mol. The van der Waals surface area contributed by atoms with Crippen molar-refractivity contribution < 1.29 is 13.9 Å². The van der Waals surface area contributed by atoms with Crippen LogP contribution in [0, 0.1) is 5.82 Å². The van der Waals surface area contributed by atoms with Crippen LogP contribution in [-0.2, 0) is 4.74 Å². The molecule has 1 aromatic rings. The molecule has 0 amide bonds. The van der Waals surface area contributed by atoms with Crippen molar-refractivity contribution >= 4 is 11.4 Å². The van der Waals surface area contributed by atoms with E-state index in [1.807, 2.05) is 6.92 Å². The number of hydrogen-bond acceptors (Lipinski definition) is 4. The molecule has 1 aromatic carbocycles. The summed E-state index contributed by atoms with van der Waals surface area (Å²) >= 11 is 0. The monoisotopic (exact) mass is 282 g/mol. The fraction of sp³-hybridized carbons (Fsp3) is 0.600. The van der Waals surface area contributed by atoms with E-state index < -0.39 is 5.82 Å². The molecule has 0 bridgehead atoms. The van der Waals surface area contributed by atoms with Crippen LogP contribution in [0.2, 0.25) is 0 Å². The molecule has 1 aliphatic rings. The third-order valence-electron chi connectivity index (χ3n) is 3.48. The smallest absolute Gasteiger partial charge is 0.167 e. The number of nitrogens with zero attached hydrogens (tertiary/aromatic N) is 1. The highest BCUT2D eigenvalue weighted by molar-refractivity contribution is 5.71. The molecule has 112 valence electrons. The number of nitrogens with two attached hydrogens (primary N) is 1. The summed E-state index contributed by atoms with van der Waals surface area (Å²) in [5.74, 6) is -0.149. The lowest BCUT2D eigenvalue weighted by Gasteiger charge is -2.44. The second-order valence-electron chi connectivity index (χ2n) is 5.71. The molecule has 0 radical (unpaired) electrons. The summed E-state index contributed by atoms with van der Waals surface area (Å²) in [6.07, 6.45) is 0.836. The zero-order valence-electron chi connectivity index (χ0n) is 12.4. The van der Waals surface area contributed by atoms with Crippen molar-refractivity contribution in [2.75, 3.05) is 37.0 Å². The molecule has 2 N–H and O–H groups in total. The quantitative estimate of drug-likeness (QED) is 0.863. The van der Waals surface area contributed by atoms with Gasteiger partial charge < -0.3 is 20.1 Å². The second kappa shape index (κ2) is 5.87. The first-order chi connectivity index (χ1) is 9.45. The van der Waals surface area contributed by atoms with Crippen molar-refractivity contribution in [3.8, 4) is 5.75 Å². The van der Waals surface area contributed by atoms with E-state index in [1.165, 1.54) is 6.07 Å². The molecule has 2 rings (SSSR count). The number of ether oxygens (including phenoxy) is 2. The van der Waals surface area contributed by atoms with E-state index in [2.05, 4.69) is 18.7 Å². The van der Waals surface area contributed by atoms with E-state index >= 15 is 0 Å². The normalized spacial score (nSPS) is 18.1. The minimum Gasteiger partial charge on any atom is -0.490 e. The fourth-order valence-corrected chi connectivity index (χ4v) is 2.42. The van der Waals surface area contributed by atoms with Gasteiger partial charge in [-0.25, -0.2) is 4.39 Å². The van der Waals surface area contributed by atoms with Gasteiger partial charge >= 0.3 is 0 Å². The largest absolute Gasteiger partial charge is 0.490 e. The Bertz CT molecular complexity index is 477. The molecule has 4 nitrogen and oxygen atoms in total. The number of hydrogen-bond donors (Lipinski definition) is 1. The first kappa shape index (κ1) is 14.9. The van der Waals surface area contributed by atoms with Crippen molar-refractivity contribution in [1.29, 1.82) is 0 Å². The molecule has 0 atom stereocenters. The summed E-state index contributed by atoms with van der Waals surface area (Å²) in [5.41, 5.74) is 7.06. The van der Waals surface area contributed by atoms with Crippen LogP contribution in [0.3, 0.4) is 0 Å². The Hall–Kier alpha value is -1.49. The molecule has 0 aromatic heterocycles. The molecule has 0 aliphatic carbocycles. The van der Waals surface area contributed by atoms with Gasteiger partial charge in [0.05, 0.1) is 36.7 Å². The molecule has 0 spiro atoms. The highest BCUT2D eigenvalue weighted by Crippen LogP contribution is 2.36. The van der Waals surface area contributed by atoms with Crippen LogP contribution < -0.4 is 15.4 Å². The molecule has 0 saturated carbocycles. The van der Waals surface area contributed by atoms with Crippen LogP contribution >= 0.6 is 0 Å². The minimum absolute atomic E-state index is 0.174. The Morgan fingerprint density at radius 1 is 1.45 bits per heavy atom. The van der Waals surface area contributed by atoms with Gasteiger partial charge in [0.15, 0.2) is 11.6 Å². The third-order valence-corrected chi connectivity index (χ3v) is 3.48. The van der Waals surface area contributed by atoms with Crippen molar-refractivity contribution in [1.82, 2.24) is 0 Å². The third kappa shape index (κ3) is 2.98. The van der Waals surface area contributed by atoms with E-state index in [0.29, 0.717) is 25.5 Å². The van der Waals surface area contributed by atoms with Crippen molar-refractivity contribution in [3.63, 3.8) is 0 Å². The van der Waals surface area contributed by atoms with E-state index in [9.17, 15) is 4.39 Å². The Morgan fingerprint density at radius 2 is 2.20 bits per heavy atom. The van der Waals surface area contributed by atoms with E-state index in [1.54, 1.807) is 6.07 Å². The number of benzene rings is 1. The topological polar surface area (TPSA) is 47.7 Å². The van der Waals surface area contributed by atoms with Gasteiger partial charge in [0.1, 0.15) is 0 Å². The van der Waals surface area contributed by atoms with Gasteiger partial charge in [-0.05, 0) is 20.3 Å². The van der Waals surface area contributed by atoms with Crippen molar-refractivity contribution in [3.05, 3.63) is 17.9 Å². The fourth-order valence-electron chi connectivity index (χ4n) is 2.42. The molecule has 0 unspecified atom stereocenters. The van der Waals surface area contributed by atoms with Gasteiger partial charge in [-0.15, -0.1) is 0 Å². The Balaban J connectivity index is 2.34. The van der Waals surface area contributed by atoms with Gasteiger partial charge in [0.2, 0.25) is 0 Å². The lowest BCUT2D eigenvalue weighted by Crippen LogP contribution is -2.53. The van der Waals surface area contributed by atoms with Crippen LogP contribution in [-0.4, -0.2) is 31.9 Å². The van der Waals surface area contributed by atoms with Crippen LogP contribution in [0.15, 0.2) is 12.1 Å². The molecule has 1 fully saturated rings. The van der Waals surface area contributed by atoms with Gasteiger partial charge in [0.25, 0.3) is 0 Å². The first-order valence-corrected chi connectivity index (χ1v) is 7.03. The summed E-state index contributed by atoms with van der Waals surface area (Å²) in [4.78, 5) is 2.16. The van der Waals surface area contributed by atoms with Crippen LogP contribution in [0.25, 0.3) is 0 Å². The average Bonchev–Trinajstić information content (AvgIpc) is 2.38. The van der Waals surface area contributed by atoms with Gasteiger partial charge in [0, 0.05) is 18.7 Å². The second-order valence-corrected chi connectivity index (χ2v) is 5.71. The molecule has 1 saturated heterocycles. The summed E-state index contributed by atoms with van der Waals surface area (Å²) in [6, 6.07) is 3.04. The Morgan fingerprint density at radius 3 is 2.85 bits per heavy atom. The molecular formula is C15H23FN2O2. The predicted molar refractivity (Wildman–Crippen MR) is 78.8 cm³/mol. The molecule has 1 aliphatic heterocycles. The average molecular weight is 282 g/mol. The maximum atomic E-state index is 13.9. The summed E-state index contributed by atoms with van der Waals surface area (Å²) in [7, 11) is 0. The molecule has 5 heteroatoms. The molecule has 1 heterocycles. The van der Waals surface area contributed by atoms with Crippen molar-refractivity contribution in [2.45, 2.75) is 32.7 Å². The SMILES string of the molecule is CCCOc1cc(N2CCOCC2(C)C)c(N)cc1F. The highest BCUT2D eigenvalue weighted by Gasteiger charge is 2.32. The standard InChI is InChI=1S/C15H23FN2O2/c1-4-6-20-14-9-13(12(17)8-11(14)16)18-5-7-19-10-15(18,2)3/h8-9H,4-7,10,17H2,1-3H3. The molecule has 20 heavy (non-hydrogen) atoms. The lowest BCUT2D eigenvalue weighted by molar-refractivity contribution is 0.0644. The van der Waals surface area contributed by atoms with Crippen LogP contribution in [0.5, 0.6) is 5.75 Å². The minimum atomic E-state index is -0.411.